The maximum absolute atomic E-state index is 12.5. The zero-order valence-electron chi connectivity index (χ0n) is 15.1. The molecule has 138 valence electrons. The van der Waals surface area contributed by atoms with Crippen LogP contribution >= 0.6 is 0 Å². The zero-order chi connectivity index (χ0) is 19.2. The van der Waals surface area contributed by atoms with Crippen LogP contribution in [0.15, 0.2) is 67.0 Å². The molecule has 2 amide bonds. The molecule has 0 atom stereocenters. The first-order chi connectivity index (χ1) is 13.1. The van der Waals surface area contributed by atoms with Gasteiger partial charge < -0.3 is 10.1 Å². The van der Waals surface area contributed by atoms with Crippen molar-refractivity contribution in [3.63, 3.8) is 0 Å². The van der Waals surface area contributed by atoms with E-state index in [0.717, 1.165) is 11.4 Å². The average molecular weight is 364 g/mol. The molecular formula is C20H20N4O3. The fourth-order valence-corrected chi connectivity index (χ4v) is 2.48. The number of amides is 2. The lowest BCUT2D eigenvalue weighted by molar-refractivity contribution is 0.0526. The van der Waals surface area contributed by atoms with Gasteiger partial charge in [0, 0.05) is 30.8 Å². The van der Waals surface area contributed by atoms with Gasteiger partial charge in [-0.1, -0.05) is 0 Å². The van der Waals surface area contributed by atoms with Gasteiger partial charge in [-0.15, -0.1) is 0 Å². The Labute approximate surface area is 157 Å². The number of carbonyl (C=O) groups excluding carboxylic acids is 2. The summed E-state index contributed by atoms with van der Waals surface area (Å²) in [5.74, 6) is -0.384. The lowest BCUT2D eigenvalue weighted by Crippen LogP contribution is -2.31. The van der Waals surface area contributed by atoms with Gasteiger partial charge in [-0.05, 0) is 61.5 Å². The van der Waals surface area contributed by atoms with E-state index in [-0.39, 0.29) is 12.0 Å². The Morgan fingerprint density at radius 3 is 2.41 bits per heavy atom. The predicted molar refractivity (Wildman–Crippen MR) is 103 cm³/mol. The highest BCUT2D eigenvalue weighted by Gasteiger charge is 2.12. The number of ether oxygens (including phenoxy) is 1. The highest BCUT2D eigenvalue weighted by atomic mass is 16.5. The maximum atomic E-state index is 12.5. The molecule has 0 fully saturated rings. The lowest BCUT2D eigenvalue weighted by atomic mass is 10.2. The number of aromatic nitrogens is 2. The number of nitrogens with one attached hydrogen (secondary N) is 1. The number of urea groups is 1. The highest BCUT2D eigenvalue weighted by molar-refractivity contribution is 6.01. The van der Waals surface area contributed by atoms with Gasteiger partial charge in [-0.3, -0.25) is 4.90 Å². The van der Waals surface area contributed by atoms with Crippen LogP contribution in [-0.2, 0) is 4.74 Å². The Balaban J connectivity index is 1.64. The van der Waals surface area contributed by atoms with Crippen molar-refractivity contribution in [2.24, 2.45) is 0 Å². The molecule has 0 radical (unpaired) electrons. The minimum Gasteiger partial charge on any atom is -0.462 e. The second-order valence-electron chi connectivity index (χ2n) is 5.75. The number of hydrogen-bond donors (Lipinski definition) is 1. The molecule has 1 aromatic heterocycles. The normalized spacial score (nSPS) is 10.3. The van der Waals surface area contributed by atoms with Gasteiger partial charge in [0.05, 0.1) is 17.9 Å². The van der Waals surface area contributed by atoms with Gasteiger partial charge >= 0.3 is 12.0 Å². The van der Waals surface area contributed by atoms with E-state index >= 15 is 0 Å². The van der Waals surface area contributed by atoms with Crippen molar-refractivity contribution in [3.8, 4) is 5.69 Å². The van der Waals surface area contributed by atoms with Gasteiger partial charge in [0.25, 0.3) is 0 Å². The standard InChI is InChI=1S/C20H20N4O3/c1-3-27-19(25)15-5-7-16(8-6-15)22-20(26)23(2)17-9-11-18(12-10-17)24-14-4-13-21-24/h4-14H,3H2,1-2H3,(H,22,26). The third-order valence-electron chi connectivity index (χ3n) is 3.96. The van der Waals surface area contributed by atoms with Gasteiger partial charge in [-0.25, -0.2) is 14.3 Å². The Kier molecular flexibility index (Phi) is 5.51. The molecule has 3 aromatic rings. The van der Waals surface area contributed by atoms with Crippen molar-refractivity contribution in [1.29, 1.82) is 0 Å². The smallest absolute Gasteiger partial charge is 0.338 e. The van der Waals surface area contributed by atoms with E-state index in [1.165, 1.54) is 4.90 Å². The minimum absolute atomic E-state index is 0.286. The summed E-state index contributed by atoms with van der Waals surface area (Å²) in [4.78, 5) is 25.6. The monoisotopic (exact) mass is 364 g/mol. The third kappa shape index (κ3) is 4.33. The van der Waals surface area contributed by atoms with Gasteiger partial charge in [0.2, 0.25) is 0 Å². The largest absolute Gasteiger partial charge is 0.462 e. The summed E-state index contributed by atoms with van der Waals surface area (Å²) in [5.41, 5.74) is 2.68. The van der Waals surface area contributed by atoms with Crippen LogP contribution in [0, 0.1) is 0 Å². The number of carbonyl (C=O) groups is 2. The summed E-state index contributed by atoms with van der Waals surface area (Å²) in [5, 5.41) is 6.97. The molecule has 0 unspecified atom stereocenters. The van der Waals surface area contributed by atoms with Crippen molar-refractivity contribution >= 4 is 23.4 Å². The number of hydrogen-bond acceptors (Lipinski definition) is 4. The van der Waals surface area contributed by atoms with E-state index in [1.54, 1.807) is 49.1 Å². The van der Waals surface area contributed by atoms with Crippen molar-refractivity contribution < 1.29 is 14.3 Å². The molecule has 1 heterocycles. The van der Waals surface area contributed by atoms with E-state index < -0.39 is 0 Å². The molecule has 7 nitrogen and oxygen atoms in total. The highest BCUT2D eigenvalue weighted by Crippen LogP contribution is 2.18. The second-order valence-corrected chi connectivity index (χ2v) is 5.75. The molecule has 0 saturated heterocycles. The Morgan fingerprint density at radius 2 is 1.81 bits per heavy atom. The van der Waals surface area contributed by atoms with Crippen LogP contribution in [0.4, 0.5) is 16.2 Å². The molecule has 0 aliphatic carbocycles. The Hall–Kier alpha value is -3.61. The van der Waals surface area contributed by atoms with Crippen molar-refractivity contribution in [1.82, 2.24) is 9.78 Å². The van der Waals surface area contributed by atoms with E-state index in [0.29, 0.717) is 17.9 Å². The quantitative estimate of drug-likeness (QED) is 0.700. The molecule has 2 aromatic carbocycles. The van der Waals surface area contributed by atoms with Crippen molar-refractivity contribution in [2.75, 3.05) is 23.9 Å². The molecule has 7 heteroatoms. The molecule has 0 saturated carbocycles. The summed E-state index contributed by atoms with van der Waals surface area (Å²) >= 11 is 0. The molecule has 0 bridgehead atoms. The third-order valence-corrected chi connectivity index (χ3v) is 3.96. The van der Waals surface area contributed by atoms with Crippen LogP contribution in [0.1, 0.15) is 17.3 Å². The summed E-state index contributed by atoms with van der Waals surface area (Å²) in [6.07, 6.45) is 3.56. The van der Waals surface area contributed by atoms with Gasteiger partial charge in [-0.2, -0.15) is 5.10 Å². The van der Waals surface area contributed by atoms with E-state index in [1.807, 2.05) is 36.5 Å². The molecule has 3 rings (SSSR count). The maximum Gasteiger partial charge on any atom is 0.338 e. The fourth-order valence-electron chi connectivity index (χ4n) is 2.48. The van der Waals surface area contributed by atoms with E-state index in [2.05, 4.69) is 10.4 Å². The number of rotatable bonds is 5. The first-order valence-corrected chi connectivity index (χ1v) is 8.50. The summed E-state index contributed by atoms with van der Waals surface area (Å²) in [7, 11) is 1.69. The van der Waals surface area contributed by atoms with Crippen LogP contribution in [0.25, 0.3) is 5.69 Å². The second kappa shape index (κ2) is 8.18. The van der Waals surface area contributed by atoms with Crippen LogP contribution < -0.4 is 10.2 Å². The first kappa shape index (κ1) is 18.2. The SMILES string of the molecule is CCOC(=O)c1ccc(NC(=O)N(C)c2ccc(-n3cccn3)cc2)cc1. The van der Waals surface area contributed by atoms with Crippen LogP contribution in [0.3, 0.4) is 0 Å². The molecular weight excluding hydrogens is 344 g/mol. The molecule has 1 N–H and O–H groups in total. The minimum atomic E-state index is -0.384. The molecule has 0 aliphatic heterocycles. The van der Waals surface area contributed by atoms with Gasteiger partial charge in [0.15, 0.2) is 0 Å². The van der Waals surface area contributed by atoms with Crippen LogP contribution in [0.5, 0.6) is 0 Å². The van der Waals surface area contributed by atoms with Crippen molar-refractivity contribution in [3.05, 3.63) is 72.6 Å². The topological polar surface area (TPSA) is 76.5 Å². The summed E-state index contributed by atoms with van der Waals surface area (Å²) < 4.78 is 6.69. The van der Waals surface area contributed by atoms with Crippen molar-refractivity contribution in [2.45, 2.75) is 6.92 Å². The average Bonchev–Trinajstić information content (AvgIpc) is 3.23. The van der Waals surface area contributed by atoms with Crippen LogP contribution in [-0.4, -0.2) is 35.4 Å². The molecule has 0 spiro atoms. The number of anilines is 2. The Bertz CT molecular complexity index is 903. The molecule has 0 aliphatic rings. The number of esters is 1. The fraction of sp³-hybridized carbons (Fsp3) is 0.150. The lowest BCUT2D eigenvalue weighted by Gasteiger charge is -2.18. The number of nitrogens with zero attached hydrogens (tertiary/aromatic N) is 3. The summed E-state index contributed by atoms with van der Waals surface area (Å²) in [6.45, 7) is 2.07. The summed E-state index contributed by atoms with van der Waals surface area (Å²) in [6, 6.07) is 15.6. The van der Waals surface area contributed by atoms with E-state index in [9.17, 15) is 9.59 Å². The number of benzene rings is 2. The first-order valence-electron chi connectivity index (χ1n) is 8.50. The van der Waals surface area contributed by atoms with E-state index in [4.69, 9.17) is 4.74 Å². The van der Waals surface area contributed by atoms with Gasteiger partial charge in [0.1, 0.15) is 0 Å². The zero-order valence-corrected chi connectivity index (χ0v) is 15.1. The van der Waals surface area contributed by atoms with Crippen LogP contribution in [0.2, 0.25) is 0 Å². The predicted octanol–water partition coefficient (Wildman–Crippen LogP) is 3.72. The molecule has 27 heavy (non-hydrogen) atoms. The Morgan fingerprint density at radius 1 is 1.11 bits per heavy atom.